The average Bonchev–Trinajstić information content (AvgIpc) is 3.20. The number of amides is 3. The van der Waals surface area contributed by atoms with Gasteiger partial charge in [-0.25, -0.2) is 4.79 Å². The number of hydrogen-bond donors (Lipinski definition) is 1. The molecule has 1 aromatic heterocycles. The van der Waals surface area contributed by atoms with Crippen LogP contribution in [0.5, 0.6) is 0 Å². The molecule has 1 aromatic carbocycles. The van der Waals surface area contributed by atoms with E-state index >= 15 is 0 Å². The molecule has 0 saturated heterocycles. The third-order valence-corrected chi connectivity index (χ3v) is 5.92. The number of nitrogens with one attached hydrogen (secondary N) is 1. The number of furan rings is 1. The van der Waals surface area contributed by atoms with Crippen molar-refractivity contribution in [2.45, 2.75) is 65.0 Å². The summed E-state index contributed by atoms with van der Waals surface area (Å²) < 4.78 is 5.74. The summed E-state index contributed by atoms with van der Waals surface area (Å²) in [5.41, 5.74) is 1.18. The third kappa shape index (κ3) is 6.88. The topological polar surface area (TPSA) is 65.8 Å². The second-order valence-corrected chi connectivity index (χ2v) is 8.32. The van der Waals surface area contributed by atoms with Crippen molar-refractivity contribution in [3.8, 4) is 0 Å². The Balaban J connectivity index is 1.72. The Hall–Kier alpha value is -2.76. The van der Waals surface area contributed by atoms with E-state index < -0.39 is 0 Å². The highest BCUT2D eigenvalue weighted by molar-refractivity contribution is 5.84. The van der Waals surface area contributed by atoms with E-state index in [-0.39, 0.29) is 24.5 Å². The number of benzene rings is 1. The molecule has 0 spiro atoms. The van der Waals surface area contributed by atoms with Gasteiger partial charge in [-0.15, -0.1) is 0 Å². The van der Waals surface area contributed by atoms with Crippen LogP contribution in [0.15, 0.2) is 46.9 Å². The highest BCUT2D eigenvalue weighted by atomic mass is 16.3. The van der Waals surface area contributed by atoms with Crippen molar-refractivity contribution in [2.75, 3.05) is 19.6 Å². The Bertz CT molecular complexity index is 828. The van der Waals surface area contributed by atoms with E-state index in [1.807, 2.05) is 49.1 Å². The number of urea groups is 1. The number of carbonyl (C=O) groups excluding carboxylic acids is 2. The van der Waals surface area contributed by atoms with Crippen molar-refractivity contribution in [3.05, 3.63) is 59.5 Å². The fourth-order valence-electron chi connectivity index (χ4n) is 4.22. The van der Waals surface area contributed by atoms with Crippen molar-refractivity contribution < 1.29 is 14.0 Å². The molecule has 1 heterocycles. The van der Waals surface area contributed by atoms with Gasteiger partial charge in [0.05, 0.1) is 6.54 Å². The first-order valence-corrected chi connectivity index (χ1v) is 11.5. The molecule has 1 N–H and O–H groups in total. The van der Waals surface area contributed by atoms with Crippen LogP contribution in [0, 0.1) is 6.92 Å². The van der Waals surface area contributed by atoms with Gasteiger partial charge in [0.1, 0.15) is 18.1 Å². The Labute approximate surface area is 185 Å². The van der Waals surface area contributed by atoms with Crippen LogP contribution < -0.4 is 5.32 Å². The molecule has 31 heavy (non-hydrogen) atoms. The fraction of sp³-hybridized carbons (Fsp3) is 0.520. The molecule has 0 bridgehead atoms. The van der Waals surface area contributed by atoms with Crippen LogP contribution in [0.4, 0.5) is 4.79 Å². The second kappa shape index (κ2) is 11.6. The molecular formula is C25H35N3O3. The Morgan fingerprint density at radius 2 is 1.81 bits per heavy atom. The Morgan fingerprint density at radius 3 is 2.45 bits per heavy atom. The smallest absolute Gasteiger partial charge is 0.318 e. The van der Waals surface area contributed by atoms with Crippen molar-refractivity contribution in [1.29, 1.82) is 0 Å². The first-order valence-electron chi connectivity index (χ1n) is 11.5. The lowest BCUT2D eigenvalue weighted by Gasteiger charge is -2.35. The van der Waals surface area contributed by atoms with Crippen LogP contribution in [0.3, 0.4) is 0 Å². The zero-order chi connectivity index (χ0) is 22.1. The van der Waals surface area contributed by atoms with E-state index in [9.17, 15) is 9.59 Å². The molecule has 0 radical (unpaired) electrons. The van der Waals surface area contributed by atoms with Crippen molar-refractivity contribution in [2.24, 2.45) is 0 Å². The average molecular weight is 426 g/mol. The molecule has 0 aliphatic heterocycles. The van der Waals surface area contributed by atoms with Gasteiger partial charge >= 0.3 is 6.03 Å². The van der Waals surface area contributed by atoms with E-state index in [0.29, 0.717) is 19.6 Å². The predicted molar refractivity (Wildman–Crippen MR) is 122 cm³/mol. The van der Waals surface area contributed by atoms with E-state index in [1.165, 1.54) is 12.0 Å². The van der Waals surface area contributed by atoms with E-state index in [4.69, 9.17) is 4.42 Å². The lowest BCUT2D eigenvalue weighted by Crippen LogP contribution is -2.51. The maximum Gasteiger partial charge on any atom is 0.318 e. The molecule has 3 amide bonds. The summed E-state index contributed by atoms with van der Waals surface area (Å²) in [5.74, 6) is 1.56. The van der Waals surface area contributed by atoms with Gasteiger partial charge in [0.2, 0.25) is 5.91 Å². The minimum Gasteiger partial charge on any atom is -0.464 e. The van der Waals surface area contributed by atoms with Gasteiger partial charge in [-0.2, -0.15) is 0 Å². The molecular weight excluding hydrogens is 390 g/mol. The van der Waals surface area contributed by atoms with Crippen molar-refractivity contribution in [3.63, 3.8) is 0 Å². The summed E-state index contributed by atoms with van der Waals surface area (Å²) >= 11 is 0. The Morgan fingerprint density at radius 1 is 1.06 bits per heavy atom. The normalized spacial score (nSPS) is 14.3. The van der Waals surface area contributed by atoms with Gasteiger partial charge in [0, 0.05) is 19.1 Å². The van der Waals surface area contributed by atoms with Crippen molar-refractivity contribution in [1.82, 2.24) is 15.1 Å². The minimum atomic E-state index is -0.139. The van der Waals surface area contributed by atoms with Crippen LogP contribution in [0.25, 0.3) is 0 Å². The second-order valence-electron chi connectivity index (χ2n) is 8.32. The van der Waals surface area contributed by atoms with E-state index in [2.05, 4.69) is 17.4 Å². The lowest BCUT2D eigenvalue weighted by atomic mass is 9.94. The SMILES string of the molecule is CCNC(=O)N(CC(=O)N(CCc1ccccc1)Cc1ccc(C)o1)C1CCCCC1. The fourth-order valence-corrected chi connectivity index (χ4v) is 4.22. The Kier molecular flexibility index (Phi) is 8.56. The third-order valence-electron chi connectivity index (χ3n) is 5.92. The summed E-state index contributed by atoms with van der Waals surface area (Å²) in [7, 11) is 0. The van der Waals surface area contributed by atoms with Crippen LogP contribution in [-0.2, 0) is 17.8 Å². The van der Waals surface area contributed by atoms with Gasteiger partial charge in [0.15, 0.2) is 0 Å². The molecule has 0 atom stereocenters. The molecule has 6 heteroatoms. The van der Waals surface area contributed by atoms with Crippen LogP contribution >= 0.6 is 0 Å². The van der Waals surface area contributed by atoms with Crippen LogP contribution in [0.1, 0.15) is 56.1 Å². The van der Waals surface area contributed by atoms with Gasteiger partial charge in [-0.1, -0.05) is 49.6 Å². The molecule has 168 valence electrons. The van der Waals surface area contributed by atoms with Crippen LogP contribution in [-0.4, -0.2) is 47.4 Å². The molecule has 0 unspecified atom stereocenters. The van der Waals surface area contributed by atoms with Gasteiger partial charge in [0.25, 0.3) is 0 Å². The van der Waals surface area contributed by atoms with Crippen molar-refractivity contribution >= 4 is 11.9 Å². The summed E-state index contributed by atoms with van der Waals surface area (Å²) in [4.78, 5) is 29.7. The van der Waals surface area contributed by atoms with Gasteiger partial charge in [-0.3, -0.25) is 4.79 Å². The highest BCUT2D eigenvalue weighted by Gasteiger charge is 2.29. The molecule has 3 rings (SSSR count). The first-order chi connectivity index (χ1) is 15.1. The molecule has 2 aromatic rings. The number of aryl methyl sites for hydroxylation is 1. The summed E-state index contributed by atoms with van der Waals surface area (Å²) in [6, 6.07) is 14.0. The standard InChI is InChI=1S/C25H35N3O3/c1-3-26-25(30)28(22-12-8-5-9-13-22)19-24(29)27(18-23-15-14-20(2)31-23)17-16-21-10-6-4-7-11-21/h4,6-7,10-11,14-15,22H,3,5,8-9,12-13,16-19H2,1-2H3,(H,26,30). The predicted octanol–water partition coefficient (Wildman–Crippen LogP) is 4.52. The molecule has 1 aliphatic carbocycles. The van der Waals surface area contributed by atoms with Gasteiger partial charge < -0.3 is 19.5 Å². The lowest BCUT2D eigenvalue weighted by molar-refractivity contribution is -0.133. The monoisotopic (exact) mass is 425 g/mol. The number of hydrogen-bond acceptors (Lipinski definition) is 3. The summed E-state index contributed by atoms with van der Waals surface area (Å²) in [6.45, 7) is 5.46. The number of rotatable bonds is 9. The summed E-state index contributed by atoms with van der Waals surface area (Å²) in [5, 5.41) is 2.90. The molecule has 1 saturated carbocycles. The molecule has 1 fully saturated rings. The minimum absolute atomic E-state index is 0.0400. The summed E-state index contributed by atoms with van der Waals surface area (Å²) in [6.07, 6.45) is 6.11. The van der Waals surface area contributed by atoms with Gasteiger partial charge in [-0.05, 0) is 50.8 Å². The zero-order valence-electron chi connectivity index (χ0n) is 18.8. The van der Waals surface area contributed by atoms with E-state index in [1.54, 1.807) is 4.90 Å². The largest absolute Gasteiger partial charge is 0.464 e. The maximum atomic E-state index is 13.4. The quantitative estimate of drug-likeness (QED) is 0.642. The molecule has 6 nitrogen and oxygen atoms in total. The number of carbonyl (C=O) groups is 2. The first kappa shape index (κ1) is 22.9. The zero-order valence-corrected chi connectivity index (χ0v) is 18.8. The van der Waals surface area contributed by atoms with Crippen LogP contribution in [0.2, 0.25) is 0 Å². The number of nitrogens with zero attached hydrogens (tertiary/aromatic N) is 2. The maximum absolute atomic E-state index is 13.4. The van der Waals surface area contributed by atoms with E-state index in [0.717, 1.165) is 43.6 Å². The highest BCUT2D eigenvalue weighted by Crippen LogP contribution is 2.23. The molecule has 1 aliphatic rings.